The van der Waals surface area contributed by atoms with E-state index in [1.807, 2.05) is 61.5 Å². The van der Waals surface area contributed by atoms with Gasteiger partial charge in [0.25, 0.3) is 0 Å². The van der Waals surface area contributed by atoms with E-state index in [-0.39, 0.29) is 6.04 Å². The maximum atomic E-state index is 13.0. The van der Waals surface area contributed by atoms with Gasteiger partial charge in [0, 0.05) is 20.3 Å². The molecule has 0 amide bonds. The second-order valence-electron chi connectivity index (χ2n) is 5.38. The monoisotopic (exact) mass is 349 g/mol. The van der Waals surface area contributed by atoms with Crippen LogP contribution in [0.25, 0.3) is 0 Å². The first-order valence-corrected chi connectivity index (χ1v) is 9.31. The molecule has 2 atom stereocenters. The Morgan fingerprint density at radius 1 is 0.875 bits per heavy atom. The zero-order valence-corrected chi connectivity index (χ0v) is 15.3. The first-order chi connectivity index (χ1) is 11.5. The highest BCUT2D eigenvalue weighted by Gasteiger charge is 2.36. The lowest BCUT2D eigenvalue weighted by Crippen LogP contribution is -2.25. The third kappa shape index (κ3) is 4.25. The predicted molar refractivity (Wildman–Crippen MR) is 95.4 cm³/mol. The van der Waals surface area contributed by atoms with Crippen molar-refractivity contribution in [3.8, 4) is 5.75 Å². The van der Waals surface area contributed by atoms with Gasteiger partial charge in [-0.2, -0.15) is 0 Å². The van der Waals surface area contributed by atoms with Crippen molar-refractivity contribution in [3.63, 3.8) is 0 Å². The summed E-state index contributed by atoms with van der Waals surface area (Å²) in [5.41, 5.74) is 1.90. The Labute approximate surface area is 143 Å². The molecule has 0 aliphatic rings. The number of nitrogens with one attached hydrogen (secondary N) is 1. The molecule has 24 heavy (non-hydrogen) atoms. The molecule has 0 aliphatic heterocycles. The fraction of sp³-hybridized carbons (Fsp3) is 0.333. The molecule has 130 valence electrons. The molecule has 0 fully saturated rings. The van der Waals surface area contributed by atoms with Crippen LogP contribution < -0.4 is 10.1 Å². The van der Waals surface area contributed by atoms with Gasteiger partial charge in [-0.1, -0.05) is 42.5 Å². The van der Waals surface area contributed by atoms with Gasteiger partial charge in [0.15, 0.2) is 0 Å². The van der Waals surface area contributed by atoms with E-state index in [1.54, 1.807) is 7.11 Å². The Morgan fingerprint density at radius 3 is 1.96 bits per heavy atom. The minimum atomic E-state index is -3.36. The number of methoxy groups -OCH3 is 1. The van der Waals surface area contributed by atoms with Crippen LogP contribution in [0.1, 0.15) is 29.9 Å². The highest BCUT2D eigenvalue weighted by molar-refractivity contribution is 7.54. The fourth-order valence-electron chi connectivity index (χ4n) is 2.52. The number of ether oxygens (including phenoxy) is 1. The third-order valence-electron chi connectivity index (χ3n) is 3.96. The zero-order valence-electron chi connectivity index (χ0n) is 14.4. The Hall–Kier alpha value is -1.65. The Kier molecular flexibility index (Phi) is 6.58. The molecule has 0 radical (unpaired) electrons. The van der Waals surface area contributed by atoms with Gasteiger partial charge in [0.05, 0.1) is 7.11 Å². The lowest BCUT2D eigenvalue weighted by Gasteiger charge is -2.29. The van der Waals surface area contributed by atoms with Crippen molar-refractivity contribution in [3.05, 3.63) is 65.7 Å². The summed E-state index contributed by atoms with van der Waals surface area (Å²) < 4.78 is 28.7. The lowest BCUT2D eigenvalue weighted by molar-refractivity contribution is 0.256. The van der Waals surface area contributed by atoms with Crippen molar-refractivity contribution in [2.45, 2.75) is 18.7 Å². The molecule has 0 saturated carbocycles. The summed E-state index contributed by atoms with van der Waals surface area (Å²) >= 11 is 0. The summed E-state index contributed by atoms with van der Waals surface area (Å²) in [7, 11) is 1.04. The molecule has 1 N–H and O–H groups in total. The first-order valence-electron chi connectivity index (χ1n) is 7.70. The normalized spacial score (nSPS) is 14.2. The van der Waals surface area contributed by atoms with E-state index in [2.05, 4.69) is 5.32 Å². The molecular weight excluding hydrogens is 325 g/mol. The van der Waals surface area contributed by atoms with Crippen molar-refractivity contribution >= 4 is 7.60 Å². The van der Waals surface area contributed by atoms with Crippen molar-refractivity contribution in [1.29, 1.82) is 0 Å². The van der Waals surface area contributed by atoms with E-state index in [1.165, 1.54) is 14.2 Å². The smallest absolute Gasteiger partial charge is 0.351 e. The Morgan fingerprint density at radius 2 is 1.46 bits per heavy atom. The van der Waals surface area contributed by atoms with Gasteiger partial charge in [-0.3, -0.25) is 9.88 Å². The van der Waals surface area contributed by atoms with Crippen molar-refractivity contribution in [2.24, 2.45) is 0 Å². The van der Waals surface area contributed by atoms with E-state index < -0.39 is 13.4 Å². The molecule has 0 heterocycles. The molecule has 2 aromatic rings. The van der Waals surface area contributed by atoms with Crippen molar-refractivity contribution in [1.82, 2.24) is 5.32 Å². The molecule has 0 aromatic heterocycles. The van der Waals surface area contributed by atoms with E-state index in [0.29, 0.717) is 0 Å². The van der Waals surface area contributed by atoms with E-state index in [4.69, 9.17) is 13.8 Å². The van der Waals surface area contributed by atoms with Crippen LogP contribution in [0.5, 0.6) is 5.75 Å². The molecule has 2 aromatic carbocycles. The summed E-state index contributed by atoms with van der Waals surface area (Å²) in [5, 5.41) is 3.38. The predicted octanol–water partition coefficient (Wildman–Crippen LogP) is 4.53. The van der Waals surface area contributed by atoms with Crippen LogP contribution >= 0.6 is 7.60 Å². The largest absolute Gasteiger partial charge is 0.497 e. The number of rotatable bonds is 8. The first kappa shape index (κ1) is 18.7. The third-order valence-corrected chi connectivity index (χ3v) is 6.06. The second-order valence-corrected chi connectivity index (χ2v) is 7.71. The minimum absolute atomic E-state index is 0.0306. The standard InChI is InChI=1S/C18H24NO4P/c1-14(15-8-6-5-7-9-15)19-18(24(20,22-3)23-4)16-10-12-17(21-2)13-11-16/h5-14,18-19H,1-4H3/t14-,18?/m0/s1. The molecule has 0 bridgehead atoms. The van der Waals surface area contributed by atoms with Crippen molar-refractivity contribution < 1.29 is 18.3 Å². The van der Waals surface area contributed by atoms with Crippen LogP contribution in [0.4, 0.5) is 0 Å². The summed E-state index contributed by atoms with van der Waals surface area (Å²) in [6, 6.07) is 17.3. The lowest BCUT2D eigenvalue weighted by atomic mass is 10.1. The van der Waals surface area contributed by atoms with Crippen molar-refractivity contribution in [2.75, 3.05) is 21.3 Å². The number of hydrogen-bond acceptors (Lipinski definition) is 5. The van der Waals surface area contributed by atoms with Crippen LogP contribution in [0.15, 0.2) is 54.6 Å². The van der Waals surface area contributed by atoms with Crippen LogP contribution in [0, 0.1) is 0 Å². The average molecular weight is 349 g/mol. The summed E-state index contributed by atoms with van der Waals surface area (Å²) in [4.78, 5) is 0. The molecule has 1 unspecified atom stereocenters. The van der Waals surface area contributed by atoms with Gasteiger partial charge >= 0.3 is 7.60 Å². The fourth-order valence-corrected chi connectivity index (χ4v) is 4.03. The minimum Gasteiger partial charge on any atom is -0.497 e. The van der Waals surface area contributed by atoms with Gasteiger partial charge < -0.3 is 13.8 Å². The van der Waals surface area contributed by atoms with E-state index in [9.17, 15) is 4.57 Å². The number of hydrogen-bond donors (Lipinski definition) is 1. The molecule has 2 rings (SSSR count). The summed E-state index contributed by atoms with van der Waals surface area (Å²) in [5.74, 6) is 0.145. The topological polar surface area (TPSA) is 56.8 Å². The van der Waals surface area contributed by atoms with Gasteiger partial charge in [-0.25, -0.2) is 0 Å². The summed E-state index contributed by atoms with van der Waals surface area (Å²) in [6.07, 6.45) is 0. The molecule has 6 heteroatoms. The average Bonchev–Trinajstić information content (AvgIpc) is 2.66. The zero-order chi connectivity index (χ0) is 17.6. The molecule has 0 aliphatic carbocycles. The van der Waals surface area contributed by atoms with E-state index in [0.717, 1.165) is 16.9 Å². The molecule has 5 nitrogen and oxygen atoms in total. The molecule has 0 spiro atoms. The van der Waals surface area contributed by atoms with Gasteiger partial charge in [-0.15, -0.1) is 0 Å². The maximum Gasteiger partial charge on any atom is 0.351 e. The van der Waals surface area contributed by atoms with Gasteiger partial charge in [0.1, 0.15) is 11.5 Å². The highest BCUT2D eigenvalue weighted by atomic mass is 31.2. The number of benzene rings is 2. The Balaban J connectivity index is 2.34. The van der Waals surface area contributed by atoms with Gasteiger partial charge in [-0.05, 0) is 30.2 Å². The second kappa shape index (κ2) is 8.45. The quantitative estimate of drug-likeness (QED) is 0.710. The van der Waals surface area contributed by atoms with Gasteiger partial charge in [0.2, 0.25) is 0 Å². The van der Waals surface area contributed by atoms with E-state index >= 15 is 0 Å². The summed E-state index contributed by atoms with van der Waals surface area (Å²) in [6.45, 7) is 2.02. The molecule has 0 saturated heterocycles. The van der Waals surface area contributed by atoms with Crippen LogP contribution in [0.3, 0.4) is 0 Å². The molecular formula is C18H24NO4P. The maximum absolute atomic E-state index is 13.0. The van der Waals surface area contributed by atoms with Crippen LogP contribution in [0.2, 0.25) is 0 Å². The Bertz CT molecular complexity index is 667. The van der Waals surface area contributed by atoms with Crippen LogP contribution in [-0.4, -0.2) is 21.3 Å². The van der Waals surface area contributed by atoms with Crippen LogP contribution in [-0.2, 0) is 13.6 Å². The SMILES string of the molecule is COc1ccc(C(N[C@@H](C)c2ccccc2)P(=O)(OC)OC)cc1. The highest BCUT2D eigenvalue weighted by Crippen LogP contribution is 2.59.